The van der Waals surface area contributed by atoms with Gasteiger partial charge in [0.25, 0.3) is 0 Å². The van der Waals surface area contributed by atoms with E-state index in [1.807, 2.05) is 0 Å². The zero-order valence-electron chi connectivity index (χ0n) is 10.9. The lowest BCUT2D eigenvalue weighted by Crippen LogP contribution is -2.32. The first kappa shape index (κ1) is 12.8. The molecular formula is C14H17NO3S. The largest absolute Gasteiger partial charge is 0.494 e. The molecule has 2 aliphatic rings. The topological polar surface area (TPSA) is 56.3 Å². The zero-order chi connectivity index (χ0) is 13.4. The molecule has 2 bridgehead atoms. The number of hydrogen-bond donors (Lipinski definition) is 0. The van der Waals surface area contributed by atoms with E-state index in [1.165, 1.54) is 0 Å². The minimum absolute atomic E-state index is 0.0426. The summed E-state index contributed by atoms with van der Waals surface area (Å²) in [5, 5.41) is 0.421. The van der Waals surface area contributed by atoms with Crippen molar-refractivity contribution in [2.24, 2.45) is 5.92 Å². The highest BCUT2D eigenvalue weighted by molar-refractivity contribution is 7.86. The van der Waals surface area contributed by atoms with Crippen LogP contribution in [0.4, 0.5) is 0 Å². The fourth-order valence-electron chi connectivity index (χ4n) is 3.18. The van der Waals surface area contributed by atoms with E-state index in [0.29, 0.717) is 11.4 Å². The number of carbonyl (C=O) groups is 1. The molecular weight excluding hydrogens is 262 g/mol. The second kappa shape index (κ2) is 5.04. The number of fused-ring (bicyclic) bond motifs is 2. The van der Waals surface area contributed by atoms with Crippen LogP contribution in [0.25, 0.3) is 0 Å². The summed E-state index contributed by atoms with van der Waals surface area (Å²) in [5.74, 6) is 0.539. The summed E-state index contributed by atoms with van der Waals surface area (Å²) in [7, 11) is 0.826. The molecule has 2 fully saturated rings. The number of methoxy groups -OCH3 is 1. The molecule has 0 aromatic carbocycles. The first-order chi connectivity index (χ1) is 9.20. The van der Waals surface area contributed by atoms with Crippen LogP contribution in [0, 0.1) is 5.92 Å². The molecule has 4 nitrogen and oxygen atoms in total. The molecule has 0 N–H and O–H groups in total. The van der Waals surface area contributed by atoms with E-state index < -0.39 is 10.8 Å². The molecule has 0 aliphatic carbocycles. The van der Waals surface area contributed by atoms with E-state index in [9.17, 15) is 9.00 Å². The predicted molar refractivity (Wildman–Crippen MR) is 72.8 cm³/mol. The lowest BCUT2D eigenvalue weighted by molar-refractivity contribution is 0.0897. The fourth-order valence-corrected chi connectivity index (χ4v) is 5.31. The van der Waals surface area contributed by atoms with Gasteiger partial charge in [-0.1, -0.05) is 0 Å². The second-order valence-corrected chi connectivity index (χ2v) is 7.23. The molecule has 3 heterocycles. The lowest BCUT2D eigenvalue weighted by Gasteiger charge is -2.26. The van der Waals surface area contributed by atoms with Crippen LogP contribution in [-0.2, 0) is 10.8 Å². The number of rotatable bonds is 3. The Bertz CT molecular complexity index is 515. The van der Waals surface area contributed by atoms with Gasteiger partial charge in [-0.2, -0.15) is 0 Å². The summed E-state index contributed by atoms with van der Waals surface area (Å²) in [4.78, 5) is 16.7. The SMILES string of the molecule is COc1cccnc1C(=O)C1CC2CCC(C1)S2=O. The minimum Gasteiger partial charge on any atom is -0.494 e. The van der Waals surface area contributed by atoms with Gasteiger partial charge in [0.2, 0.25) is 0 Å². The third kappa shape index (κ3) is 2.20. The number of carbonyl (C=O) groups excluding carboxylic acids is 1. The van der Waals surface area contributed by atoms with Crippen molar-refractivity contribution in [1.82, 2.24) is 4.98 Å². The normalized spacial score (nSPS) is 33.1. The number of ether oxygens (including phenoxy) is 1. The summed E-state index contributed by atoms with van der Waals surface area (Å²) < 4.78 is 17.2. The van der Waals surface area contributed by atoms with Gasteiger partial charge in [-0.05, 0) is 37.8 Å². The molecule has 1 aromatic rings. The molecule has 0 saturated carbocycles. The summed E-state index contributed by atoms with van der Waals surface area (Å²) in [6.45, 7) is 0. The van der Waals surface area contributed by atoms with Gasteiger partial charge in [0, 0.05) is 33.4 Å². The maximum Gasteiger partial charge on any atom is 0.188 e. The molecule has 2 unspecified atom stereocenters. The summed E-state index contributed by atoms with van der Waals surface area (Å²) in [5.41, 5.74) is 0.419. The highest BCUT2D eigenvalue weighted by Crippen LogP contribution is 2.40. The summed E-state index contributed by atoms with van der Waals surface area (Å²) in [6, 6.07) is 3.52. The first-order valence-electron chi connectivity index (χ1n) is 6.63. The van der Waals surface area contributed by atoms with Crippen molar-refractivity contribution in [1.29, 1.82) is 0 Å². The molecule has 2 saturated heterocycles. The van der Waals surface area contributed by atoms with Crippen molar-refractivity contribution >= 4 is 16.6 Å². The van der Waals surface area contributed by atoms with E-state index in [4.69, 9.17) is 4.74 Å². The van der Waals surface area contributed by atoms with Crippen molar-refractivity contribution in [2.75, 3.05) is 7.11 Å². The number of Topliss-reactive ketones (excluding diaryl/α,β-unsaturated/α-hetero) is 1. The van der Waals surface area contributed by atoms with E-state index in [2.05, 4.69) is 4.98 Å². The predicted octanol–water partition coefficient (Wildman–Crippen LogP) is 1.96. The Hall–Kier alpha value is -1.23. The molecule has 2 aliphatic heterocycles. The Kier molecular flexibility index (Phi) is 3.39. The molecule has 2 atom stereocenters. The second-order valence-electron chi connectivity index (χ2n) is 5.24. The van der Waals surface area contributed by atoms with Gasteiger partial charge in [-0.25, -0.2) is 4.98 Å². The highest BCUT2D eigenvalue weighted by Gasteiger charge is 2.43. The number of hydrogen-bond acceptors (Lipinski definition) is 4. The number of nitrogens with zero attached hydrogens (tertiary/aromatic N) is 1. The van der Waals surface area contributed by atoms with E-state index in [1.54, 1.807) is 25.4 Å². The Labute approximate surface area is 115 Å². The average Bonchev–Trinajstić information content (AvgIpc) is 2.68. The number of pyridine rings is 1. The monoisotopic (exact) mass is 279 g/mol. The molecule has 5 heteroatoms. The van der Waals surface area contributed by atoms with Crippen LogP contribution in [0.3, 0.4) is 0 Å². The molecule has 0 radical (unpaired) electrons. The van der Waals surface area contributed by atoms with Gasteiger partial charge in [0.15, 0.2) is 5.78 Å². The average molecular weight is 279 g/mol. The standard InChI is InChI=1S/C14H17NO3S/c1-18-12-3-2-6-15-13(12)14(16)9-7-10-4-5-11(8-9)19(10)17/h2-3,6,9-11H,4-5,7-8H2,1H3. The van der Waals surface area contributed by atoms with Crippen LogP contribution in [0.15, 0.2) is 18.3 Å². The smallest absolute Gasteiger partial charge is 0.188 e. The molecule has 3 rings (SSSR count). The van der Waals surface area contributed by atoms with Crippen molar-refractivity contribution in [3.8, 4) is 5.75 Å². The van der Waals surface area contributed by atoms with Gasteiger partial charge >= 0.3 is 0 Å². The van der Waals surface area contributed by atoms with Crippen LogP contribution in [-0.4, -0.2) is 32.6 Å². The van der Waals surface area contributed by atoms with Crippen molar-refractivity contribution < 1.29 is 13.7 Å². The molecule has 0 spiro atoms. The Morgan fingerprint density at radius 3 is 2.68 bits per heavy atom. The van der Waals surface area contributed by atoms with E-state index >= 15 is 0 Å². The van der Waals surface area contributed by atoms with Crippen LogP contribution in [0.2, 0.25) is 0 Å². The van der Waals surface area contributed by atoms with E-state index in [0.717, 1.165) is 25.7 Å². The summed E-state index contributed by atoms with van der Waals surface area (Å²) >= 11 is 0. The summed E-state index contributed by atoms with van der Waals surface area (Å²) in [6.07, 6.45) is 5.09. The van der Waals surface area contributed by atoms with Gasteiger partial charge in [-0.3, -0.25) is 9.00 Å². The molecule has 102 valence electrons. The van der Waals surface area contributed by atoms with Crippen molar-refractivity contribution in [3.63, 3.8) is 0 Å². The molecule has 0 amide bonds. The minimum atomic E-state index is -0.723. The highest BCUT2D eigenvalue weighted by atomic mass is 32.2. The maximum absolute atomic E-state index is 12.6. The molecule has 19 heavy (non-hydrogen) atoms. The Balaban J connectivity index is 1.83. The van der Waals surface area contributed by atoms with Crippen LogP contribution in [0.5, 0.6) is 5.75 Å². The Morgan fingerprint density at radius 2 is 2.05 bits per heavy atom. The van der Waals surface area contributed by atoms with Gasteiger partial charge in [-0.15, -0.1) is 0 Å². The van der Waals surface area contributed by atoms with Crippen molar-refractivity contribution in [3.05, 3.63) is 24.0 Å². The number of aromatic nitrogens is 1. The first-order valence-corrected chi connectivity index (χ1v) is 7.91. The molecule has 1 aromatic heterocycles. The van der Waals surface area contributed by atoms with Gasteiger partial charge < -0.3 is 4.74 Å². The van der Waals surface area contributed by atoms with Crippen molar-refractivity contribution in [2.45, 2.75) is 36.2 Å². The number of ketones is 1. The third-order valence-corrected chi connectivity index (χ3v) is 6.33. The van der Waals surface area contributed by atoms with Crippen LogP contribution >= 0.6 is 0 Å². The van der Waals surface area contributed by atoms with E-state index in [-0.39, 0.29) is 22.2 Å². The third-order valence-electron chi connectivity index (χ3n) is 4.16. The van der Waals surface area contributed by atoms with Gasteiger partial charge in [0.1, 0.15) is 11.4 Å². The Morgan fingerprint density at radius 1 is 1.37 bits per heavy atom. The lowest BCUT2D eigenvalue weighted by atomic mass is 9.92. The quantitative estimate of drug-likeness (QED) is 0.794. The zero-order valence-corrected chi connectivity index (χ0v) is 11.7. The van der Waals surface area contributed by atoms with Crippen LogP contribution < -0.4 is 4.74 Å². The van der Waals surface area contributed by atoms with Gasteiger partial charge in [0.05, 0.1) is 7.11 Å². The maximum atomic E-state index is 12.6. The fraction of sp³-hybridized carbons (Fsp3) is 0.571. The van der Waals surface area contributed by atoms with Crippen LogP contribution in [0.1, 0.15) is 36.2 Å².